The number of phenols is 1. The van der Waals surface area contributed by atoms with Gasteiger partial charge in [-0.25, -0.2) is 0 Å². The fraction of sp³-hybridized carbons (Fsp3) is 0.100. The number of aromatic nitrogens is 1. The summed E-state index contributed by atoms with van der Waals surface area (Å²) >= 11 is 0. The van der Waals surface area contributed by atoms with Gasteiger partial charge in [-0.1, -0.05) is 6.07 Å². The maximum Gasteiger partial charge on any atom is 0.122 e. The maximum absolute atomic E-state index is 9.49. The van der Waals surface area contributed by atoms with E-state index in [1.807, 2.05) is 18.2 Å². The van der Waals surface area contributed by atoms with Gasteiger partial charge in [-0.2, -0.15) is 0 Å². The smallest absolute Gasteiger partial charge is 0.122 e. The van der Waals surface area contributed by atoms with Crippen molar-refractivity contribution in [2.45, 2.75) is 6.54 Å². The number of aromatic hydroxyl groups is 1. The third-order valence-electron chi connectivity index (χ3n) is 2.02. The number of fused-ring (bicyclic) bond motifs is 1. The maximum atomic E-state index is 9.49. The number of nitrogens with two attached hydrogens (primary N) is 1. The minimum absolute atomic E-state index is 0.216. The van der Waals surface area contributed by atoms with Gasteiger partial charge < -0.3 is 10.8 Å². The molecule has 3 nitrogen and oxygen atoms in total. The van der Waals surface area contributed by atoms with Gasteiger partial charge in [0.1, 0.15) is 5.75 Å². The molecule has 0 aliphatic rings. The van der Waals surface area contributed by atoms with Gasteiger partial charge in [0.15, 0.2) is 0 Å². The minimum Gasteiger partial charge on any atom is -0.508 e. The third-order valence-corrected chi connectivity index (χ3v) is 2.02. The van der Waals surface area contributed by atoms with Crippen LogP contribution < -0.4 is 5.73 Å². The normalized spacial score (nSPS) is 10.5. The molecule has 0 bridgehead atoms. The van der Waals surface area contributed by atoms with E-state index in [4.69, 9.17) is 5.73 Å². The van der Waals surface area contributed by atoms with Crippen molar-refractivity contribution in [3.8, 4) is 5.75 Å². The Balaban J connectivity index is 2.74. The van der Waals surface area contributed by atoms with Gasteiger partial charge in [-0.05, 0) is 12.1 Å². The first-order valence-electron chi connectivity index (χ1n) is 4.08. The van der Waals surface area contributed by atoms with E-state index >= 15 is 0 Å². The molecule has 0 radical (unpaired) electrons. The van der Waals surface area contributed by atoms with Crippen molar-refractivity contribution in [1.29, 1.82) is 0 Å². The number of rotatable bonds is 1. The first kappa shape index (κ1) is 8.01. The monoisotopic (exact) mass is 174 g/mol. The molecule has 0 aliphatic heterocycles. The second-order valence-electron chi connectivity index (χ2n) is 2.88. The van der Waals surface area contributed by atoms with Crippen molar-refractivity contribution in [1.82, 2.24) is 4.98 Å². The Kier molecular flexibility index (Phi) is 1.87. The summed E-state index contributed by atoms with van der Waals surface area (Å²) in [6.07, 6.45) is 1.70. The first-order chi connectivity index (χ1) is 6.31. The molecule has 1 heterocycles. The molecule has 0 atom stereocenters. The van der Waals surface area contributed by atoms with E-state index in [0.29, 0.717) is 6.54 Å². The standard InChI is InChI=1S/C10H10N2O/c11-6-8-4-7-2-1-3-12-9(7)5-10(8)13/h1-5,13H,6,11H2. The van der Waals surface area contributed by atoms with Crippen LogP contribution in [0.25, 0.3) is 10.9 Å². The highest BCUT2D eigenvalue weighted by Crippen LogP contribution is 2.22. The summed E-state index contributed by atoms with van der Waals surface area (Å²) in [5.41, 5.74) is 7.00. The van der Waals surface area contributed by atoms with E-state index in [1.165, 1.54) is 0 Å². The second-order valence-corrected chi connectivity index (χ2v) is 2.88. The Hall–Kier alpha value is -1.61. The van der Waals surface area contributed by atoms with Gasteiger partial charge in [0.2, 0.25) is 0 Å². The van der Waals surface area contributed by atoms with Gasteiger partial charge in [0.05, 0.1) is 5.52 Å². The zero-order valence-electron chi connectivity index (χ0n) is 7.07. The summed E-state index contributed by atoms with van der Waals surface area (Å²) in [5, 5.41) is 10.5. The van der Waals surface area contributed by atoms with Crippen molar-refractivity contribution >= 4 is 10.9 Å². The molecule has 2 aromatic rings. The highest BCUT2D eigenvalue weighted by atomic mass is 16.3. The molecule has 0 saturated heterocycles. The van der Waals surface area contributed by atoms with Crippen LogP contribution >= 0.6 is 0 Å². The van der Waals surface area contributed by atoms with Crippen LogP contribution in [0.4, 0.5) is 0 Å². The lowest BCUT2D eigenvalue weighted by Gasteiger charge is -2.03. The molecule has 66 valence electrons. The van der Waals surface area contributed by atoms with Crippen molar-refractivity contribution in [3.05, 3.63) is 36.0 Å². The highest BCUT2D eigenvalue weighted by molar-refractivity contribution is 5.80. The van der Waals surface area contributed by atoms with E-state index in [-0.39, 0.29) is 5.75 Å². The Labute approximate surface area is 75.8 Å². The molecule has 3 heteroatoms. The van der Waals surface area contributed by atoms with Crippen molar-refractivity contribution < 1.29 is 5.11 Å². The lowest BCUT2D eigenvalue weighted by molar-refractivity contribution is 0.469. The molecule has 0 saturated carbocycles. The predicted octanol–water partition coefficient (Wildman–Crippen LogP) is 1.40. The molecule has 0 amide bonds. The highest BCUT2D eigenvalue weighted by Gasteiger charge is 2.01. The SMILES string of the molecule is NCc1cc2cccnc2cc1O. The lowest BCUT2D eigenvalue weighted by Crippen LogP contribution is -1.96. The van der Waals surface area contributed by atoms with Crippen LogP contribution in [-0.2, 0) is 6.54 Å². The average molecular weight is 174 g/mol. The van der Waals surface area contributed by atoms with Crippen LogP contribution in [-0.4, -0.2) is 10.1 Å². The van der Waals surface area contributed by atoms with Crippen LogP contribution in [0.15, 0.2) is 30.5 Å². The average Bonchev–Trinajstić information content (AvgIpc) is 2.17. The summed E-state index contributed by atoms with van der Waals surface area (Å²) in [6.45, 7) is 0.344. The molecule has 1 aromatic carbocycles. The Morgan fingerprint density at radius 2 is 2.23 bits per heavy atom. The molecule has 0 fully saturated rings. The van der Waals surface area contributed by atoms with Gasteiger partial charge in [0.25, 0.3) is 0 Å². The van der Waals surface area contributed by atoms with Crippen LogP contribution in [0.2, 0.25) is 0 Å². The minimum atomic E-state index is 0.216. The Morgan fingerprint density at radius 3 is 3.00 bits per heavy atom. The Bertz CT molecular complexity index is 440. The molecule has 0 spiro atoms. The second kappa shape index (κ2) is 3.03. The fourth-order valence-electron chi connectivity index (χ4n) is 1.32. The zero-order valence-corrected chi connectivity index (χ0v) is 7.07. The Morgan fingerprint density at radius 1 is 1.38 bits per heavy atom. The van der Waals surface area contributed by atoms with E-state index < -0.39 is 0 Å². The number of phenolic OH excluding ortho intramolecular Hbond substituents is 1. The summed E-state index contributed by atoms with van der Waals surface area (Å²) in [7, 11) is 0. The van der Waals surface area contributed by atoms with Crippen molar-refractivity contribution in [3.63, 3.8) is 0 Å². The zero-order chi connectivity index (χ0) is 9.26. The molecule has 0 unspecified atom stereocenters. The van der Waals surface area contributed by atoms with Crippen LogP contribution in [0, 0.1) is 0 Å². The topological polar surface area (TPSA) is 59.1 Å². The summed E-state index contributed by atoms with van der Waals surface area (Å²) in [4.78, 5) is 4.12. The van der Waals surface area contributed by atoms with Gasteiger partial charge in [-0.3, -0.25) is 4.98 Å². The van der Waals surface area contributed by atoms with Gasteiger partial charge in [0, 0.05) is 29.8 Å². The van der Waals surface area contributed by atoms with Gasteiger partial charge >= 0.3 is 0 Å². The third kappa shape index (κ3) is 1.34. The summed E-state index contributed by atoms with van der Waals surface area (Å²) in [5.74, 6) is 0.216. The predicted molar refractivity (Wildman–Crippen MR) is 51.3 cm³/mol. The molecule has 13 heavy (non-hydrogen) atoms. The number of pyridine rings is 1. The van der Waals surface area contributed by atoms with Crippen molar-refractivity contribution in [2.24, 2.45) is 5.73 Å². The summed E-state index contributed by atoms with van der Waals surface area (Å²) < 4.78 is 0. The van der Waals surface area contributed by atoms with E-state index in [9.17, 15) is 5.11 Å². The van der Waals surface area contributed by atoms with Gasteiger partial charge in [-0.15, -0.1) is 0 Å². The molecule has 1 aromatic heterocycles. The fourth-order valence-corrected chi connectivity index (χ4v) is 1.32. The number of hydrogen-bond donors (Lipinski definition) is 2. The largest absolute Gasteiger partial charge is 0.508 e. The molecular weight excluding hydrogens is 164 g/mol. The van der Waals surface area contributed by atoms with Crippen LogP contribution in [0.5, 0.6) is 5.75 Å². The first-order valence-corrected chi connectivity index (χ1v) is 4.08. The number of nitrogens with zero attached hydrogens (tertiary/aromatic N) is 1. The lowest BCUT2D eigenvalue weighted by atomic mass is 10.1. The molecular formula is C10H10N2O. The van der Waals surface area contributed by atoms with Crippen LogP contribution in [0.1, 0.15) is 5.56 Å². The summed E-state index contributed by atoms with van der Waals surface area (Å²) in [6, 6.07) is 7.30. The van der Waals surface area contributed by atoms with E-state index in [2.05, 4.69) is 4.98 Å². The molecule has 3 N–H and O–H groups in total. The number of benzene rings is 1. The molecule has 2 rings (SSSR count). The van der Waals surface area contributed by atoms with E-state index in [0.717, 1.165) is 16.5 Å². The van der Waals surface area contributed by atoms with Crippen molar-refractivity contribution in [2.75, 3.05) is 0 Å². The van der Waals surface area contributed by atoms with Crippen LogP contribution in [0.3, 0.4) is 0 Å². The number of hydrogen-bond acceptors (Lipinski definition) is 3. The molecule has 0 aliphatic carbocycles. The van der Waals surface area contributed by atoms with E-state index in [1.54, 1.807) is 12.3 Å². The quantitative estimate of drug-likeness (QED) is 0.687.